The Morgan fingerprint density at radius 2 is 2.07 bits per heavy atom. The van der Waals surface area contributed by atoms with E-state index in [1.807, 2.05) is 6.08 Å². The molecule has 4 atom stereocenters. The minimum Gasteiger partial charge on any atom is -0.469 e. The molecular formula is C23H34O6. The summed E-state index contributed by atoms with van der Waals surface area (Å²) in [5, 5.41) is 9.97. The van der Waals surface area contributed by atoms with E-state index in [1.54, 1.807) is 26.0 Å². The first-order valence-electron chi connectivity index (χ1n) is 10.1. The maximum atomic E-state index is 12.7. The Morgan fingerprint density at radius 1 is 1.38 bits per heavy atom. The topological polar surface area (TPSA) is 85.4 Å². The highest BCUT2D eigenvalue weighted by atomic mass is 16.6. The average molecular weight is 407 g/mol. The molecule has 1 saturated carbocycles. The van der Waals surface area contributed by atoms with Gasteiger partial charge >= 0.3 is 11.9 Å². The van der Waals surface area contributed by atoms with Crippen molar-refractivity contribution < 1.29 is 28.9 Å². The normalized spacial score (nSPS) is 30.8. The molecule has 2 aliphatic rings. The zero-order valence-electron chi connectivity index (χ0n) is 18.2. The van der Waals surface area contributed by atoms with Gasteiger partial charge in [-0.2, -0.15) is 0 Å². The van der Waals surface area contributed by atoms with E-state index < -0.39 is 17.5 Å². The number of aliphatic hydroxyl groups is 1. The van der Waals surface area contributed by atoms with Gasteiger partial charge in [0.15, 0.2) is 0 Å². The van der Waals surface area contributed by atoms with Crippen molar-refractivity contribution in [1.82, 2.24) is 0 Å². The van der Waals surface area contributed by atoms with Gasteiger partial charge in [0.25, 0.3) is 0 Å². The van der Waals surface area contributed by atoms with Crippen LogP contribution in [0.15, 0.2) is 36.0 Å². The highest BCUT2D eigenvalue weighted by Crippen LogP contribution is 2.48. The Kier molecular flexibility index (Phi) is 7.46. The lowest BCUT2D eigenvalue weighted by atomic mass is 9.77. The lowest BCUT2D eigenvalue weighted by Crippen LogP contribution is -2.30. The van der Waals surface area contributed by atoms with Crippen LogP contribution in [0.25, 0.3) is 0 Å². The Bertz CT molecular complexity index is 699. The third kappa shape index (κ3) is 6.54. The molecule has 0 spiro atoms. The second kappa shape index (κ2) is 9.26. The van der Waals surface area contributed by atoms with Gasteiger partial charge in [0.05, 0.1) is 30.3 Å². The maximum Gasteiger partial charge on any atom is 0.313 e. The number of carbonyl (C=O) groups excluding carboxylic acids is 2. The third-order valence-electron chi connectivity index (χ3n) is 5.74. The van der Waals surface area contributed by atoms with Crippen molar-refractivity contribution in [3.05, 3.63) is 36.0 Å². The van der Waals surface area contributed by atoms with Crippen molar-refractivity contribution in [1.29, 1.82) is 0 Å². The summed E-state index contributed by atoms with van der Waals surface area (Å²) >= 11 is 0. The number of methoxy groups -OCH3 is 1. The second-order valence-corrected chi connectivity index (χ2v) is 8.80. The molecule has 6 heteroatoms. The molecule has 1 heterocycles. The molecule has 1 N–H and O–H groups in total. The molecule has 0 aromatic heterocycles. The number of esters is 2. The fourth-order valence-electron chi connectivity index (χ4n) is 3.97. The maximum absolute atomic E-state index is 12.7. The van der Waals surface area contributed by atoms with Crippen LogP contribution in [-0.4, -0.2) is 48.1 Å². The predicted molar refractivity (Wildman–Crippen MR) is 110 cm³/mol. The van der Waals surface area contributed by atoms with E-state index in [4.69, 9.17) is 14.2 Å². The quantitative estimate of drug-likeness (QED) is 0.315. The van der Waals surface area contributed by atoms with Crippen molar-refractivity contribution in [3.63, 3.8) is 0 Å². The smallest absolute Gasteiger partial charge is 0.313 e. The van der Waals surface area contributed by atoms with Crippen LogP contribution >= 0.6 is 0 Å². The molecule has 1 unspecified atom stereocenters. The Labute approximate surface area is 173 Å². The fourth-order valence-corrected chi connectivity index (χ4v) is 3.97. The molecule has 6 nitrogen and oxygen atoms in total. The SMILES string of the molecule is C=C1CC[C@@H]2O[C@@]2(C)CC[C@H](/C(=C/C=C/C(C)(C)O)COC(C)=O)C1C(=O)OC. The van der Waals surface area contributed by atoms with Crippen LogP contribution in [0.3, 0.4) is 0 Å². The summed E-state index contributed by atoms with van der Waals surface area (Å²) in [6.07, 6.45) is 8.37. The number of allylic oxidation sites excluding steroid dienone is 2. The summed E-state index contributed by atoms with van der Waals surface area (Å²) in [6, 6.07) is 0. The number of rotatable bonds is 6. The van der Waals surface area contributed by atoms with Crippen LogP contribution < -0.4 is 0 Å². The van der Waals surface area contributed by atoms with Gasteiger partial charge in [-0.25, -0.2) is 0 Å². The van der Waals surface area contributed by atoms with E-state index in [0.29, 0.717) is 12.8 Å². The molecule has 1 aliphatic carbocycles. The molecule has 0 bridgehead atoms. The van der Waals surface area contributed by atoms with Gasteiger partial charge in [-0.1, -0.05) is 30.4 Å². The predicted octanol–water partition coefficient (Wildman–Crippen LogP) is 3.50. The molecule has 29 heavy (non-hydrogen) atoms. The third-order valence-corrected chi connectivity index (χ3v) is 5.74. The average Bonchev–Trinajstić information content (AvgIpc) is 3.27. The molecule has 1 aliphatic heterocycles. The molecular weight excluding hydrogens is 372 g/mol. The van der Waals surface area contributed by atoms with Crippen molar-refractivity contribution in [2.24, 2.45) is 11.8 Å². The first kappa shape index (κ1) is 23.4. The Hall–Kier alpha value is -1.92. The van der Waals surface area contributed by atoms with Crippen LogP contribution in [0.4, 0.5) is 0 Å². The molecule has 1 saturated heterocycles. The Morgan fingerprint density at radius 3 is 2.66 bits per heavy atom. The molecule has 0 aromatic rings. The van der Waals surface area contributed by atoms with Crippen LogP contribution in [0.2, 0.25) is 0 Å². The van der Waals surface area contributed by atoms with Crippen LogP contribution in [-0.2, 0) is 23.8 Å². The van der Waals surface area contributed by atoms with Gasteiger partial charge in [0.1, 0.15) is 6.61 Å². The lowest BCUT2D eigenvalue weighted by Gasteiger charge is -2.29. The number of ether oxygens (including phenoxy) is 3. The van der Waals surface area contributed by atoms with E-state index in [0.717, 1.165) is 24.0 Å². The van der Waals surface area contributed by atoms with Gasteiger partial charge in [-0.05, 0) is 52.0 Å². The second-order valence-electron chi connectivity index (χ2n) is 8.80. The highest BCUT2D eigenvalue weighted by molar-refractivity contribution is 5.76. The van der Waals surface area contributed by atoms with E-state index in [2.05, 4.69) is 13.5 Å². The summed E-state index contributed by atoms with van der Waals surface area (Å²) in [5.41, 5.74) is 0.440. The van der Waals surface area contributed by atoms with Gasteiger partial charge < -0.3 is 19.3 Å². The van der Waals surface area contributed by atoms with E-state index >= 15 is 0 Å². The first-order valence-corrected chi connectivity index (χ1v) is 10.1. The minimum absolute atomic E-state index is 0.0674. The van der Waals surface area contributed by atoms with Crippen LogP contribution in [0, 0.1) is 11.8 Å². The zero-order chi connectivity index (χ0) is 21.8. The molecule has 0 radical (unpaired) electrons. The van der Waals surface area contributed by atoms with Crippen LogP contribution in [0.1, 0.15) is 53.4 Å². The van der Waals surface area contributed by atoms with E-state index in [9.17, 15) is 14.7 Å². The summed E-state index contributed by atoms with van der Waals surface area (Å²) < 4.78 is 16.3. The molecule has 162 valence electrons. The van der Waals surface area contributed by atoms with Gasteiger partial charge in [0.2, 0.25) is 0 Å². The lowest BCUT2D eigenvalue weighted by molar-refractivity contribution is -0.145. The summed E-state index contributed by atoms with van der Waals surface area (Å²) in [5.74, 6) is -1.47. The van der Waals surface area contributed by atoms with Crippen molar-refractivity contribution in [2.45, 2.75) is 70.7 Å². The van der Waals surface area contributed by atoms with Crippen molar-refractivity contribution in [3.8, 4) is 0 Å². The largest absolute Gasteiger partial charge is 0.469 e. The summed E-state index contributed by atoms with van der Waals surface area (Å²) in [6.45, 7) is 11.0. The number of hydrogen-bond acceptors (Lipinski definition) is 6. The number of carbonyl (C=O) groups is 2. The van der Waals surface area contributed by atoms with Crippen molar-refractivity contribution >= 4 is 11.9 Å². The van der Waals surface area contributed by atoms with Crippen LogP contribution in [0.5, 0.6) is 0 Å². The van der Waals surface area contributed by atoms with Gasteiger partial charge in [0, 0.05) is 12.8 Å². The Balaban J connectivity index is 2.41. The highest BCUT2D eigenvalue weighted by Gasteiger charge is 2.53. The zero-order valence-corrected chi connectivity index (χ0v) is 18.2. The molecule has 0 aromatic carbocycles. The first-order chi connectivity index (χ1) is 13.5. The van der Waals surface area contributed by atoms with Gasteiger partial charge in [-0.3, -0.25) is 9.59 Å². The van der Waals surface area contributed by atoms with Crippen molar-refractivity contribution in [2.75, 3.05) is 13.7 Å². The molecule has 0 amide bonds. The summed E-state index contributed by atoms with van der Waals surface area (Å²) in [7, 11) is 1.38. The number of hydrogen-bond donors (Lipinski definition) is 1. The standard InChI is InChI=1S/C23H34O6/c1-15-9-10-19-23(5,29-19)13-11-18(20(15)21(25)27-6)17(14-28-16(2)24)8-7-12-22(3,4)26/h7-8,12,18-20,26H,1,9-11,13-14H2,2-6H3/b12-7+,17-8+/t18-,19+,20?,23+/m1/s1. The fraction of sp³-hybridized carbons (Fsp3) is 0.652. The molecule has 2 rings (SSSR count). The number of fused-ring (bicyclic) bond motifs is 1. The monoisotopic (exact) mass is 406 g/mol. The minimum atomic E-state index is -0.977. The number of epoxide rings is 1. The van der Waals surface area contributed by atoms with E-state index in [-0.39, 0.29) is 30.2 Å². The molecule has 2 fully saturated rings. The summed E-state index contributed by atoms with van der Waals surface area (Å²) in [4.78, 5) is 24.2. The van der Waals surface area contributed by atoms with E-state index in [1.165, 1.54) is 14.0 Å². The van der Waals surface area contributed by atoms with Gasteiger partial charge in [-0.15, -0.1) is 0 Å².